The molecule has 0 bridgehead atoms. The summed E-state index contributed by atoms with van der Waals surface area (Å²) in [5.74, 6) is -0.915. The zero-order chi connectivity index (χ0) is 54.0. The summed E-state index contributed by atoms with van der Waals surface area (Å²) in [6.45, 7) is 21.2. The number of methoxy groups -OCH3 is 2. The van der Waals surface area contributed by atoms with Gasteiger partial charge in [-0.1, -0.05) is 30.3 Å². The number of ether oxygens (including phenoxy) is 12. The molecule has 4 amide bonds. The zero-order valence-corrected chi connectivity index (χ0v) is 45.1. The third-order valence-electron chi connectivity index (χ3n) is 8.51. The van der Waals surface area contributed by atoms with Gasteiger partial charge in [0.2, 0.25) is 5.91 Å². The average molecular weight is 1040 g/mol. The maximum Gasteiger partial charge on any atom is 0.408 e. The van der Waals surface area contributed by atoms with Gasteiger partial charge in [-0.2, -0.15) is 0 Å². The molecule has 0 aromatic heterocycles. The maximum absolute atomic E-state index is 12.1. The summed E-state index contributed by atoms with van der Waals surface area (Å²) < 4.78 is 61.7. The van der Waals surface area contributed by atoms with Crippen molar-refractivity contribution in [3.05, 3.63) is 35.9 Å². The normalized spacial score (nSPS) is 12.2. The van der Waals surface area contributed by atoms with Gasteiger partial charge in [0.1, 0.15) is 23.9 Å². The van der Waals surface area contributed by atoms with E-state index in [1.54, 1.807) is 14.2 Å². The lowest BCUT2D eigenvalue weighted by Crippen LogP contribution is -2.42. The summed E-state index contributed by atoms with van der Waals surface area (Å²) in [6.07, 6.45) is 3.93. The van der Waals surface area contributed by atoms with Gasteiger partial charge in [-0.15, -0.1) is 0 Å². The third kappa shape index (κ3) is 53.4. The van der Waals surface area contributed by atoms with Gasteiger partial charge in [-0.25, -0.2) is 19.2 Å². The van der Waals surface area contributed by atoms with Crippen molar-refractivity contribution in [2.75, 3.05) is 140 Å². The number of alkyl carbamates (subject to hydrolysis) is 3. The van der Waals surface area contributed by atoms with Crippen LogP contribution in [0.25, 0.3) is 0 Å². The molecule has 1 atom stereocenters. The Morgan fingerprint density at radius 2 is 0.986 bits per heavy atom. The van der Waals surface area contributed by atoms with Gasteiger partial charge in [0.25, 0.3) is 0 Å². The largest absolute Gasteiger partial charge is 0.467 e. The Labute approximate surface area is 429 Å². The smallest absolute Gasteiger partial charge is 0.408 e. The van der Waals surface area contributed by atoms with Gasteiger partial charge >= 0.3 is 24.2 Å². The van der Waals surface area contributed by atoms with Crippen molar-refractivity contribution < 1.29 is 80.8 Å². The summed E-state index contributed by atoms with van der Waals surface area (Å²) in [5, 5.41) is 10.6. The molecule has 1 unspecified atom stereocenters. The molecule has 2 rings (SSSR count). The number of carbonyl (C=O) groups excluding carboxylic acids is 5. The van der Waals surface area contributed by atoms with E-state index in [1.165, 1.54) is 20.0 Å². The summed E-state index contributed by atoms with van der Waals surface area (Å²) in [5.41, 5.74) is 5.17. The zero-order valence-electron chi connectivity index (χ0n) is 45.1. The second kappa shape index (κ2) is 48.9. The van der Waals surface area contributed by atoms with E-state index in [4.69, 9.17) is 57.8 Å². The first kappa shape index (κ1) is 69.7. The number of esters is 1. The van der Waals surface area contributed by atoms with Crippen LogP contribution in [0.5, 0.6) is 0 Å². The fourth-order valence-corrected chi connectivity index (χ4v) is 5.20. The first-order valence-corrected chi connectivity index (χ1v) is 24.9. The van der Waals surface area contributed by atoms with E-state index in [9.17, 15) is 24.0 Å². The molecule has 22 nitrogen and oxygen atoms in total. The monoisotopic (exact) mass is 1040 g/mol. The Morgan fingerprint density at radius 3 is 1.36 bits per heavy atom. The number of nitrogens with two attached hydrogens (primary N) is 1. The fraction of sp³-hybridized carbons (Fsp3) is 0.780. The van der Waals surface area contributed by atoms with E-state index in [0.29, 0.717) is 118 Å². The first-order valence-electron chi connectivity index (χ1n) is 24.9. The molecule has 0 aliphatic carbocycles. The van der Waals surface area contributed by atoms with E-state index in [-0.39, 0.29) is 25.4 Å². The second-order valence-electron chi connectivity index (χ2n) is 17.6. The molecule has 1 saturated heterocycles. The number of rotatable bonds is 34. The Hall–Kier alpha value is -4.39. The van der Waals surface area contributed by atoms with E-state index >= 15 is 0 Å². The molecule has 1 aliphatic rings. The van der Waals surface area contributed by atoms with Crippen LogP contribution in [-0.4, -0.2) is 187 Å². The molecular formula is C50H93N5O17. The number of hydrogen-bond acceptors (Lipinski definition) is 18. The maximum atomic E-state index is 12.1. The standard InChI is InChI=1S/C29H47N3O10.C15H32N2O5.C4H8O.C2H6O/c1-29(2,3)42-27(35)31-15-9-17-39-19-21-40-20-18-38-16-8-14-30-25(33)13-12-24(26(34)37-4)32-28(36)41-22-23-10-6-5-7-11-23;1-15(2,3)22-14(18)17-7-5-9-20-11-13-21-12-10-19-8-4-6-16;1-2-4-5-3-1;1-3-2/h5-7,10-11,24H,8-9,12-22H2,1-4H3,(H,30,33)(H,31,35)(H,32,36);4-13,16H2,1-3H3,(H,17,18);1-4H2;1-2H3. The summed E-state index contributed by atoms with van der Waals surface area (Å²) in [7, 11) is 4.46. The van der Waals surface area contributed by atoms with Crippen LogP contribution in [0.3, 0.4) is 0 Å². The number of amides is 4. The van der Waals surface area contributed by atoms with E-state index in [2.05, 4.69) is 26.0 Å². The van der Waals surface area contributed by atoms with Crippen LogP contribution in [0.2, 0.25) is 0 Å². The van der Waals surface area contributed by atoms with Crippen LogP contribution in [0.15, 0.2) is 30.3 Å². The first-order chi connectivity index (χ1) is 34.5. The molecule has 1 heterocycles. The summed E-state index contributed by atoms with van der Waals surface area (Å²) in [6, 6.07) is 8.13. The van der Waals surface area contributed by atoms with Crippen molar-refractivity contribution in [2.24, 2.45) is 5.73 Å². The van der Waals surface area contributed by atoms with Crippen molar-refractivity contribution >= 4 is 30.2 Å². The van der Waals surface area contributed by atoms with Gasteiger partial charge < -0.3 is 83.8 Å². The van der Waals surface area contributed by atoms with Gasteiger partial charge in [-0.05, 0) is 98.6 Å². The SMILES string of the molecule is C1CCOC1.CC(C)(C)OC(=O)NCCCOCCOCCOCCCN.COC.COC(=O)C(CCC(=O)NCCCOCCOCCOCCCNC(=O)OC(C)(C)C)NC(=O)OCc1ccccc1. The Kier molecular flexibility index (Phi) is 47.3. The quantitative estimate of drug-likeness (QED) is 0.0343. The fourth-order valence-electron chi connectivity index (χ4n) is 5.20. The number of benzene rings is 1. The Balaban J connectivity index is 0. The molecule has 72 heavy (non-hydrogen) atoms. The predicted octanol–water partition coefficient (Wildman–Crippen LogP) is 5.06. The van der Waals surface area contributed by atoms with Crippen molar-refractivity contribution in [3.8, 4) is 0 Å². The molecular weight excluding hydrogens is 943 g/mol. The topological polar surface area (TPSA) is 270 Å². The minimum atomic E-state index is -1.00. The Bertz CT molecular complexity index is 1440. The molecule has 1 aromatic carbocycles. The number of carbonyl (C=O) groups is 5. The predicted molar refractivity (Wildman–Crippen MR) is 272 cm³/mol. The van der Waals surface area contributed by atoms with Crippen LogP contribution in [-0.2, 0) is 73.0 Å². The minimum Gasteiger partial charge on any atom is -0.467 e. The van der Waals surface area contributed by atoms with Gasteiger partial charge in [-0.3, -0.25) is 4.79 Å². The molecule has 1 aromatic rings. The molecule has 22 heteroatoms. The van der Waals surface area contributed by atoms with Crippen LogP contribution < -0.4 is 27.0 Å². The van der Waals surface area contributed by atoms with E-state index < -0.39 is 41.5 Å². The second-order valence-corrected chi connectivity index (χ2v) is 17.6. The van der Waals surface area contributed by atoms with Crippen molar-refractivity contribution in [1.82, 2.24) is 21.3 Å². The third-order valence-corrected chi connectivity index (χ3v) is 8.51. The minimum absolute atomic E-state index is 0.0236. The molecule has 0 radical (unpaired) electrons. The lowest BCUT2D eigenvalue weighted by atomic mass is 10.1. The van der Waals surface area contributed by atoms with E-state index in [1.807, 2.05) is 71.9 Å². The lowest BCUT2D eigenvalue weighted by molar-refractivity contribution is -0.143. The highest BCUT2D eigenvalue weighted by molar-refractivity contribution is 5.82. The van der Waals surface area contributed by atoms with E-state index in [0.717, 1.165) is 31.6 Å². The molecule has 0 spiro atoms. The van der Waals surface area contributed by atoms with Crippen molar-refractivity contribution in [1.29, 1.82) is 0 Å². The molecule has 420 valence electrons. The van der Waals surface area contributed by atoms with Crippen LogP contribution in [0, 0.1) is 0 Å². The molecule has 0 saturated carbocycles. The van der Waals surface area contributed by atoms with Crippen molar-refractivity contribution in [2.45, 2.75) is 117 Å². The highest BCUT2D eigenvalue weighted by Gasteiger charge is 2.23. The van der Waals surface area contributed by atoms with Crippen LogP contribution in [0.4, 0.5) is 14.4 Å². The average Bonchev–Trinajstić information content (AvgIpc) is 3.93. The van der Waals surface area contributed by atoms with Gasteiger partial charge in [0, 0.05) is 79.9 Å². The summed E-state index contributed by atoms with van der Waals surface area (Å²) in [4.78, 5) is 59.1. The van der Waals surface area contributed by atoms with Gasteiger partial charge in [0.15, 0.2) is 0 Å². The van der Waals surface area contributed by atoms with Gasteiger partial charge in [0.05, 0.1) is 60.0 Å². The highest BCUT2D eigenvalue weighted by atomic mass is 16.6. The molecule has 6 N–H and O–H groups in total. The number of nitrogens with one attached hydrogen (secondary N) is 4. The molecule has 1 aliphatic heterocycles. The number of hydrogen-bond donors (Lipinski definition) is 5. The van der Waals surface area contributed by atoms with Crippen LogP contribution in [0.1, 0.15) is 98.5 Å². The van der Waals surface area contributed by atoms with Crippen molar-refractivity contribution in [3.63, 3.8) is 0 Å². The Morgan fingerprint density at radius 1 is 0.583 bits per heavy atom. The van der Waals surface area contributed by atoms with Crippen LogP contribution >= 0.6 is 0 Å². The summed E-state index contributed by atoms with van der Waals surface area (Å²) >= 11 is 0. The molecule has 1 fully saturated rings. The lowest BCUT2D eigenvalue weighted by Gasteiger charge is -2.19. The highest BCUT2D eigenvalue weighted by Crippen LogP contribution is 2.08.